The van der Waals surface area contributed by atoms with Crippen molar-refractivity contribution in [2.75, 3.05) is 25.4 Å². The third-order valence-corrected chi connectivity index (χ3v) is 7.05. The highest BCUT2D eigenvalue weighted by molar-refractivity contribution is 9.10. The minimum absolute atomic E-state index is 0.0172. The van der Waals surface area contributed by atoms with E-state index in [1.807, 2.05) is 13.0 Å². The number of aryl methyl sites for hydroxylation is 1. The van der Waals surface area contributed by atoms with Gasteiger partial charge in [-0.3, -0.25) is 14.3 Å². The molecule has 0 radical (unpaired) electrons. The molecule has 0 saturated carbocycles. The molecule has 160 valence electrons. The Balaban J connectivity index is 1.87. The largest absolute Gasteiger partial charge is 0.347 e. The Morgan fingerprint density at radius 2 is 1.90 bits per heavy atom. The number of sulfonamides is 1. The number of halogens is 1. The number of likely N-dealkylation sites (tertiary alicyclic amines) is 1. The fourth-order valence-electron chi connectivity index (χ4n) is 3.45. The summed E-state index contributed by atoms with van der Waals surface area (Å²) in [5, 5.41) is 0. The van der Waals surface area contributed by atoms with Crippen molar-refractivity contribution >= 4 is 43.5 Å². The first kappa shape index (κ1) is 22.3. The Hall–Kier alpha value is -2.39. The number of amides is 2. The standard InChI is InChI=1S/C21H24BrN3O4S/c1-14-9-10-17(22)18(12-14)23-30(28,29)16-7-4-6-15(13-16)20(26)25-11-5-8-19(25)21(27)24(2)3/h4,6-7,9-10,12-13,19,23H,5,8,11H2,1-3H3/t19-/m1/s1. The van der Waals surface area contributed by atoms with Crippen molar-refractivity contribution in [3.63, 3.8) is 0 Å². The first-order chi connectivity index (χ1) is 14.1. The average molecular weight is 494 g/mol. The molecule has 1 atom stereocenters. The smallest absolute Gasteiger partial charge is 0.261 e. The quantitative estimate of drug-likeness (QED) is 0.692. The van der Waals surface area contributed by atoms with Crippen LogP contribution in [0.15, 0.2) is 51.8 Å². The monoisotopic (exact) mass is 493 g/mol. The molecule has 0 unspecified atom stereocenters. The van der Waals surface area contributed by atoms with Crippen LogP contribution in [0, 0.1) is 6.92 Å². The summed E-state index contributed by atoms with van der Waals surface area (Å²) in [6, 6.07) is 10.7. The number of nitrogens with zero attached hydrogens (tertiary/aromatic N) is 2. The van der Waals surface area contributed by atoms with Gasteiger partial charge in [0, 0.05) is 30.7 Å². The molecule has 1 fully saturated rings. The van der Waals surface area contributed by atoms with Crippen molar-refractivity contribution in [1.82, 2.24) is 9.80 Å². The molecule has 2 aromatic carbocycles. The number of anilines is 1. The van der Waals surface area contributed by atoms with Crippen LogP contribution < -0.4 is 4.72 Å². The van der Waals surface area contributed by atoms with Gasteiger partial charge in [0.2, 0.25) is 5.91 Å². The Bertz CT molecular complexity index is 1090. The predicted molar refractivity (Wildman–Crippen MR) is 119 cm³/mol. The normalized spacial score (nSPS) is 16.4. The molecule has 0 spiro atoms. The molecule has 9 heteroatoms. The summed E-state index contributed by atoms with van der Waals surface area (Å²) in [6.07, 6.45) is 1.33. The Morgan fingerprint density at radius 3 is 2.60 bits per heavy atom. The number of hydrogen-bond donors (Lipinski definition) is 1. The summed E-state index contributed by atoms with van der Waals surface area (Å²) in [6.45, 7) is 2.33. The highest BCUT2D eigenvalue weighted by atomic mass is 79.9. The Morgan fingerprint density at radius 1 is 1.17 bits per heavy atom. The van der Waals surface area contributed by atoms with Crippen molar-refractivity contribution in [3.05, 3.63) is 58.1 Å². The lowest BCUT2D eigenvalue weighted by Crippen LogP contribution is -2.45. The fraction of sp³-hybridized carbons (Fsp3) is 0.333. The fourth-order valence-corrected chi connectivity index (χ4v) is 5.04. The second-order valence-electron chi connectivity index (χ2n) is 7.51. The number of hydrogen-bond acceptors (Lipinski definition) is 4. The van der Waals surface area contributed by atoms with E-state index in [0.29, 0.717) is 23.1 Å². The van der Waals surface area contributed by atoms with Gasteiger partial charge in [0.05, 0.1) is 10.6 Å². The number of carbonyl (C=O) groups excluding carboxylic acids is 2. The molecule has 30 heavy (non-hydrogen) atoms. The third kappa shape index (κ3) is 4.67. The Kier molecular flexibility index (Phi) is 6.52. The van der Waals surface area contributed by atoms with Gasteiger partial charge in [-0.25, -0.2) is 8.42 Å². The highest BCUT2D eigenvalue weighted by Gasteiger charge is 2.35. The minimum atomic E-state index is -3.90. The number of likely N-dealkylation sites (N-methyl/N-ethyl adjacent to an activating group) is 1. The lowest BCUT2D eigenvalue weighted by molar-refractivity contribution is -0.132. The Labute approximate surface area is 185 Å². The van der Waals surface area contributed by atoms with Crippen LogP contribution in [0.3, 0.4) is 0 Å². The molecular formula is C21H24BrN3O4S. The molecule has 2 amide bonds. The first-order valence-electron chi connectivity index (χ1n) is 9.51. The molecule has 1 aliphatic rings. The van der Waals surface area contributed by atoms with E-state index in [2.05, 4.69) is 20.7 Å². The van der Waals surface area contributed by atoms with Crippen molar-refractivity contribution < 1.29 is 18.0 Å². The van der Waals surface area contributed by atoms with E-state index in [4.69, 9.17) is 0 Å². The first-order valence-corrected chi connectivity index (χ1v) is 11.8. The topological polar surface area (TPSA) is 86.8 Å². The summed E-state index contributed by atoms with van der Waals surface area (Å²) < 4.78 is 29.0. The van der Waals surface area contributed by atoms with Crippen molar-refractivity contribution in [1.29, 1.82) is 0 Å². The average Bonchev–Trinajstić information content (AvgIpc) is 3.19. The number of nitrogens with one attached hydrogen (secondary N) is 1. The van der Waals surface area contributed by atoms with Gasteiger partial charge in [0.25, 0.3) is 15.9 Å². The molecule has 1 aliphatic heterocycles. The SMILES string of the molecule is Cc1ccc(Br)c(NS(=O)(=O)c2cccc(C(=O)N3CCC[C@@H]3C(=O)N(C)C)c2)c1. The number of benzene rings is 2. The van der Waals surface area contributed by atoms with Crippen LogP contribution in [0.5, 0.6) is 0 Å². The summed E-state index contributed by atoms with van der Waals surface area (Å²) >= 11 is 3.35. The van der Waals surface area contributed by atoms with Crippen LogP contribution in [0.25, 0.3) is 0 Å². The zero-order valence-corrected chi connectivity index (χ0v) is 19.5. The van der Waals surface area contributed by atoms with Crippen molar-refractivity contribution in [2.45, 2.75) is 30.7 Å². The predicted octanol–water partition coefficient (Wildman–Crippen LogP) is 3.25. The molecular weight excluding hydrogens is 470 g/mol. The lowest BCUT2D eigenvalue weighted by Gasteiger charge is -2.26. The maximum atomic E-state index is 13.1. The maximum absolute atomic E-state index is 13.1. The van der Waals surface area contributed by atoms with Gasteiger partial charge in [-0.1, -0.05) is 12.1 Å². The van der Waals surface area contributed by atoms with Crippen LogP contribution in [-0.2, 0) is 14.8 Å². The van der Waals surface area contributed by atoms with Gasteiger partial charge in [0.15, 0.2) is 0 Å². The number of carbonyl (C=O) groups is 2. The van der Waals surface area contributed by atoms with Crippen LogP contribution >= 0.6 is 15.9 Å². The summed E-state index contributed by atoms with van der Waals surface area (Å²) in [5.41, 5.74) is 1.56. The molecule has 0 bridgehead atoms. The molecule has 0 aromatic heterocycles. The van der Waals surface area contributed by atoms with E-state index in [1.165, 1.54) is 28.0 Å². The molecule has 1 heterocycles. The van der Waals surface area contributed by atoms with Gasteiger partial charge < -0.3 is 9.80 Å². The summed E-state index contributed by atoms with van der Waals surface area (Å²) in [5.74, 6) is -0.475. The van der Waals surface area contributed by atoms with Crippen LogP contribution in [0.1, 0.15) is 28.8 Å². The molecule has 0 aliphatic carbocycles. The summed E-state index contributed by atoms with van der Waals surface area (Å²) in [4.78, 5) is 28.4. The van der Waals surface area contributed by atoms with Crippen molar-refractivity contribution in [3.8, 4) is 0 Å². The molecule has 7 nitrogen and oxygen atoms in total. The molecule has 2 aromatic rings. The van der Waals surface area contributed by atoms with Crippen LogP contribution in [-0.4, -0.2) is 56.7 Å². The highest BCUT2D eigenvalue weighted by Crippen LogP contribution is 2.27. The van der Waals surface area contributed by atoms with Crippen molar-refractivity contribution in [2.24, 2.45) is 0 Å². The molecule has 3 rings (SSSR count). The van der Waals surface area contributed by atoms with E-state index >= 15 is 0 Å². The van der Waals surface area contributed by atoms with Gasteiger partial charge in [0.1, 0.15) is 6.04 Å². The zero-order chi connectivity index (χ0) is 22.1. The minimum Gasteiger partial charge on any atom is -0.347 e. The third-order valence-electron chi connectivity index (χ3n) is 5.00. The van der Waals surface area contributed by atoms with Crippen LogP contribution in [0.2, 0.25) is 0 Å². The molecule has 1 saturated heterocycles. The molecule has 1 N–H and O–H groups in total. The van der Waals surface area contributed by atoms with E-state index in [0.717, 1.165) is 12.0 Å². The second-order valence-corrected chi connectivity index (χ2v) is 10.0. The van der Waals surface area contributed by atoms with Gasteiger partial charge in [-0.05, 0) is 71.6 Å². The zero-order valence-electron chi connectivity index (χ0n) is 17.1. The number of rotatable bonds is 5. The van der Waals surface area contributed by atoms with Gasteiger partial charge in [-0.15, -0.1) is 0 Å². The van der Waals surface area contributed by atoms with Gasteiger partial charge in [-0.2, -0.15) is 0 Å². The van der Waals surface area contributed by atoms with Gasteiger partial charge >= 0.3 is 0 Å². The van der Waals surface area contributed by atoms with E-state index in [-0.39, 0.29) is 22.3 Å². The van der Waals surface area contributed by atoms with E-state index < -0.39 is 16.1 Å². The van der Waals surface area contributed by atoms with Crippen LogP contribution in [0.4, 0.5) is 5.69 Å². The maximum Gasteiger partial charge on any atom is 0.261 e. The van der Waals surface area contributed by atoms with E-state index in [1.54, 1.807) is 32.3 Å². The summed E-state index contributed by atoms with van der Waals surface area (Å²) in [7, 11) is -0.585. The van der Waals surface area contributed by atoms with E-state index in [9.17, 15) is 18.0 Å². The second kappa shape index (κ2) is 8.77. The lowest BCUT2D eigenvalue weighted by atomic mass is 10.1.